The van der Waals surface area contributed by atoms with Gasteiger partial charge in [0, 0.05) is 0 Å². The number of carbonyl (C=O) groups excluding carboxylic acids is 1. The summed E-state index contributed by atoms with van der Waals surface area (Å²) in [5, 5.41) is 5.87. The fraction of sp³-hybridized carbons (Fsp3) is 0.583. The van der Waals surface area contributed by atoms with Crippen LogP contribution < -0.4 is 10.6 Å². The second-order valence-corrected chi connectivity index (χ2v) is 4.52. The van der Waals surface area contributed by atoms with Gasteiger partial charge in [-0.15, -0.1) is 0 Å². The van der Waals surface area contributed by atoms with E-state index in [1.54, 1.807) is 7.05 Å². The molecular weight excluding hydrogens is 204 g/mol. The Hall–Kier alpha value is -1.29. The molecule has 90 valence electrons. The topological polar surface area (TPSA) is 54.3 Å². The van der Waals surface area contributed by atoms with E-state index in [0.717, 1.165) is 11.5 Å². The molecule has 0 saturated carbocycles. The average Bonchev–Trinajstić information content (AvgIpc) is 2.64. The Morgan fingerprint density at radius 1 is 1.44 bits per heavy atom. The van der Waals surface area contributed by atoms with E-state index < -0.39 is 5.54 Å². The van der Waals surface area contributed by atoms with Crippen molar-refractivity contribution in [3.8, 4) is 0 Å². The minimum atomic E-state index is -0.574. The number of hydrogen-bond acceptors (Lipinski definition) is 3. The van der Waals surface area contributed by atoms with Crippen molar-refractivity contribution in [3.63, 3.8) is 0 Å². The van der Waals surface area contributed by atoms with Crippen LogP contribution in [0.2, 0.25) is 0 Å². The Bertz CT molecular complexity index is 369. The molecule has 2 N–H and O–H groups in total. The van der Waals surface area contributed by atoms with Gasteiger partial charge in [0.2, 0.25) is 5.91 Å². The van der Waals surface area contributed by atoms with E-state index in [9.17, 15) is 4.79 Å². The molecule has 4 nitrogen and oxygen atoms in total. The number of furan rings is 1. The van der Waals surface area contributed by atoms with Crippen LogP contribution in [-0.2, 0) is 4.79 Å². The van der Waals surface area contributed by atoms with E-state index in [-0.39, 0.29) is 11.9 Å². The van der Waals surface area contributed by atoms with Crippen LogP contribution in [0.4, 0.5) is 0 Å². The molecule has 0 aliphatic rings. The van der Waals surface area contributed by atoms with Crippen LogP contribution in [0.15, 0.2) is 16.5 Å². The van der Waals surface area contributed by atoms with E-state index in [0.29, 0.717) is 0 Å². The van der Waals surface area contributed by atoms with Crippen molar-refractivity contribution < 1.29 is 9.21 Å². The minimum absolute atomic E-state index is 0.0449. The lowest BCUT2D eigenvalue weighted by atomic mass is 10.0. The summed E-state index contributed by atoms with van der Waals surface area (Å²) in [5.74, 6) is 1.58. The molecule has 0 fully saturated rings. The Labute approximate surface area is 96.4 Å². The largest absolute Gasteiger partial charge is 0.464 e. The maximum Gasteiger partial charge on any atom is 0.240 e. The van der Waals surface area contributed by atoms with Crippen LogP contribution in [0.3, 0.4) is 0 Å². The van der Waals surface area contributed by atoms with Crippen LogP contribution in [0.5, 0.6) is 0 Å². The molecule has 0 bridgehead atoms. The van der Waals surface area contributed by atoms with Gasteiger partial charge in [0.05, 0.1) is 11.6 Å². The monoisotopic (exact) mass is 224 g/mol. The normalized spacial score (nSPS) is 13.6. The first-order chi connectivity index (χ1) is 7.36. The van der Waals surface area contributed by atoms with Crippen molar-refractivity contribution >= 4 is 5.91 Å². The molecule has 16 heavy (non-hydrogen) atoms. The number of rotatable bonds is 4. The van der Waals surface area contributed by atoms with E-state index >= 15 is 0 Å². The van der Waals surface area contributed by atoms with Gasteiger partial charge in [-0.3, -0.25) is 4.79 Å². The average molecular weight is 224 g/mol. The molecule has 1 aromatic heterocycles. The first kappa shape index (κ1) is 12.8. The molecule has 1 rings (SSSR count). The summed E-state index contributed by atoms with van der Waals surface area (Å²) < 4.78 is 5.46. The highest BCUT2D eigenvalue weighted by Gasteiger charge is 2.27. The number of nitrogens with one attached hydrogen (secondary N) is 2. The van der Waals surface area contributed by atoms with Gasteiger partial charge in [0.15, 0.2) is 0 Å². The summed E-state index contributed by atoms with van der Waals surface area (Å²) in [7, 11) is 1.77. The van der Waals surface area contributed by atoms with Crippen LogP contribution in [0, 0.1) is 6.92 Å². The molecule has 1 atom stereocenters. The fourth-order valence-corrected chi connectivity index (χ4v) is 1.25. The summed E-state index contributed by atoms with van der Waals surface area (Å²) in [5.41, 5.74) is -0.574. The van der Waals surface area contributed by atoms with Gasteiger partial charge in [0.25, 0.3) is 0 Å². The van der Waals surface area contributed by atoms with E-state index in [1.807, 2.05) is 39.8 Å². The Morgan fingerprint density at radius 3 is 2.50 bits per heavy atom. The highest BCUT2D eigenvalue weighted by atomic mass is 16.3. The third kappa shape index (κ3) is 2.85. The zero-order valence-electron chi connectivity index (χ0n) is 10.5. The van der Waals surface area contributed by atoms with E-state index in [4.69, 9.17) is 4.42 Å². The van der Waals surface area contributed by atoms with Gasteiger partial charge in [-0.25, -0.2) is 0 Å². The van der Waals surface area contributed by atoms with Crippen molar-refractivity contribution in [2.75, 3.05) is 7.05 Å². The van der Waals surface area contributed by atoms with Crippen molar-refractivity contribution in [3.05, 3.63) is 23.7 Å². The summed E-state index contributed by atoms with van der Waals surface area (Å²) >= 11 is 0. The predicted molar refractivity (Wildman–Crippen MR) is 63.1 cm³/mol. The van der Waals surface area contributed by atoms with E-state index in [2.05, 4.69) is 10.6 Å². The van der Waals surface area contributed by atoms with Gasteiger partial charge in [-0.05, 0) is 46.9 Å². The third-order valence-electron chi connectivity index (χ3n) is 2.73. The standard InChI is InChI=1S/C12H20N2O2/c1-8-6-7-10(16-8)9(2)14-11(15)12(3,4)13-5/h6-7,9,13H,1-5H3,(H,14,15). The molecule has 1 unspecified atom stereocenters. The zero-order chi connectivity index (χ0) is 12.3. The van der Waals surface area contributed by atoms with Crippen LogP contribution in [0.1, 0.15) is 38.3 Å². The van der Waals surface area contributed by atoms with Crippen LogP contribution in [-0.4, -0.2) is 18.5 Å². The quantitative estimate of drug-likeness (QED) is 0.819. The summed E-state index contributed by atoms with van der Waals surface area (Å²) in [6.07, 6.45) is 0. The molecule has 0 spiro atoms. The fourth-order valence-electron chi connectivity index (χ4n) is 1.25. The number of carbonyl (C=O) groups is 1. The molecular formula is C12H20N2O2. The number of likely N-dealkylation sites (N-methyl/N-ethyl adjacent to an activating group) is 1. The maximum absolute atomic E-state index is 11.9. The Balaban J connectivity index is 2.65. The minimum Gasteiger partial charge on any atom is -0.464 e. The summed E-state index contributed by atoms with van der Waals surface area (Å²) in [6, 6.07) is 3.65. The summed E-state index contributed by atoms with van der Waals surface area (Å²) in [6.45, 7) is 7.46. The molecule has 4 heteroatoms. The van der Waals surface area contributed by atoms with Crippen LogP contribution in [0.25, 0.3) is 0 Å². The maximum atomic E-state index is 11.9. The molecule has 0 aliphatic carbocycles. The van der Waals surface area contributed by atoms with Gasteiger partial charge in [0.1, 0.15) is 11.5 Å². The lowest BCUT2D eigenvalue weighted by Gasteiger charge is -2.24. The lowest BCUT2D eigenvalue weighted by molar-refractivity contribution is -0.127. The van der Waals surface area contributed by atoms with Crippen molar-refractivity contribution in [1.29, 1.82) is 0 Å². The van der Waals surface area contributed by atoms with Crippen molar-refractivity contribution in [1.82, 2.24) is 10.6 Å². The molecule has 0 saturated heterocycles. The molecule has 0 aliphatic heterocycles. The molecule has 1 aromatic rings. The second kappa shape index (κ2) is 4.70. The smallest absolute Gasteiger partial charge is 0.240 e. The van der Waals surface area contributed by atoms with Gasteiger partial charge < -0.3 is 15.1 Å². The molecule has 1 heterocycles. The van der Waals surface area contributed by atoms with Gasteiger partial charge in [-0.1, -0.05) is 0 Å². The van der Waals surface area contributed by atoms with Crippen molar-refractivity contribution in [2.45, 2.75) is 39.3 Å². The molecule has 0 radical (unpaired) electrons. The molecule has 0 aromatic carbocycles. The van der Waals surface area contributed by atoms with Crippen molar-refractivity contribution in [2.24, 2.45) is 0 Å². The first-order valence-electron chi connectivity index (χ1n) is 5.43. The van der Waals surface area contributed by atoms with E-state index in [1.165, 1.54) is 0 Å². The highest BCUT2D eigenvalue weighted by Crippen LogP contribution is 2.16. The summed E-state index contributed by atoms with van der Waals surface area (Å²) in [4.78, 5) is 11.9. The third-order valence-corrected chi connectivity index (χ3v) is 2.73. The SMILES string of the molecule is CNC(C)(C)C(=O)NC(C)c1ccc(C)o1. The van der Waals surface area contributed by atoms with Gasteiger partial charge >= 0.3 is 0 Å². The first-order valence-corrected chi connectivity index (χ1v) is 5.43. The molecule has 1 amide bonds. The van der Waals surface area contributed by atoms with Crippen LogP contribution >= 0.6 is 0 Å². The number of aryl methyl sites for hydroxylation is 1. The highest BCUT2D eigenvalue weighted by molar-refractivity contribution is 5.85. The second-order valence-electron chi connectivity index (χ2n) is 4.52. The Morgan fingerprint density at radius 2 is 2.06 bits per heavy atom. The Kier molecular flexibility index (Phi) is 3.75. The lowest BCUT2D eigenvalue weighted by Crippen LogP contribution is -2.51. The zero-order valence-corrected chi connectivity index (χ0v) is 10.5. The van der Waals surface area contributed by atoms with Gasteiger partial charge in [-0.2, -0.15) is 0 Å². The number of amides is 1. The predicted octanol–water partition coefficient (Wildman–Crippen LogP) is 1.76. The number of hydrogen-bond donors (Lipinski definition) is 2.